The molecule has 4 nitrogen and oxygen atoms in total. The number of hydrogen-bond donors (Lipinski definition) is 1. The molecule has 2 fully saturated rings. The quantitative estimate of drug-likeness (QED) is 0.922. The second-order valence-electron chi connectivity index (χ2n) is 6.58. The predicted octanol–water partition coefficient (Wildman–Crippen LogP) is 2.79. The molecule has 1 unspecified atom stereocenters. The summed E-state index contributed by atoms with van der Waals surface area (Å²) < 4.78 is 5.79. The van der Waals surface area contributed by atoms with Crippen molar-refractivity contribution in [3.05, 3.63) is 17.3 Å². The first kappa shape index (κ1) is 14.1. The van der Waals surface area contributed by atoms with E-state index in [1.807, 2.05) is 13.8 Å². The molecule has 1 atom stereocenters. The van der Waals surface area contributed by atoms with Crippen LogP contribution in [0.3, 0.4) is 0 Å². The Morgan fingerprint density at radius 3 is 2.70 bits per heavy atom. The van der Waals surface area contributed by atoms with E-state index in [0.717, 1.165) is 37.0 Å². The third-order valence-corrected chi connectivity index (χ3v) is 5.18. The van der Waals surface area contributed by atoms with Crippen LogP contribution < -0.4 is 5.32 Å². The van der Waals surface area contributed by atoms with E-state index in [1.54, 1.807) is 0 Å². The minimum atomic E-state index is 0.363. The molecule has 1 aliphatic heterocycles. The van der Waals surface area contributed by atoms with Crippen molar-refractivity contribution < 1.29 is 4.42 Å². The molecule has 0 amide bonds. The molecule has 1 aliphatic carbocycles. The molecular formula is C16H27N3O. The number of hydrogen-bond acceptors (Lipinski definition) is 4. The van der Waals surface area contributed by atoms with Gasteiger partial charge in [-0.25, -0.2) is 4.98 Å². The van der Waals surface area contributed by atoms with Crippen LogP contribution in [0.5, 0.6) is 0 Å². The van der Waals surface area contributed by atoms with Crippen LogP contribution in [-0.2, 0) is 6.54 Å². The second-order valence-corrected chi connectivity index (χ2v) is 6.58. The number of rotatable bonds is 3. The summed E-state index contributed by atoms with van der Waals surface area (Å²) in [6.07, 6.45) is 6.57. The van der Waals surface area contributed by atoms with Crippen LogP contribution in [0.15, 0.2) is 4.42 Å². The summed E-state index contributed by atoms with van der Waals surface area (Å²) >= 11 is 0. The zero-order valence-electron chi connectivity index (χ0n) is 13.0. The first-order valence-corrected chi connectivity index (χ1v) is 8.04. The molecule has 2 heterocycles. The minimum absolute atomic E-state index is 0.363. The molecular weight excluding hydrogens is 250 g/mol. The molecule has 3 rings (SSSR count). The van der Waals surface area contributed by atoms with E-state index in [-0.39, 0.29) is 0 Å². The standard InChI is InChI=1S/C16H27N3O/c1-4-14-9-17-16(7-5-6-8-16)11-19(14)10-15-18-12(2)13(3)20-15/h14,17H,4-11H2,1-3H3. The fourth-order valence-electron chi connectivity index (χ4n) is 3.79. The average molecular weight is 277 g/mol. The maximum atomic E-state index is 5.79. The maximum absolute atomic E-state index is 5.79. The van der Waals surface area contributed by atoms with Crippen LogP contribution in [0.4, 0.5) is 0 Å². The lowest BCUT2D eigenvalue weighted by Gasteiger charge is -2.45. The summed E-state index contributed by atoms with van der Waals surface area (Å²) in [5, 5.41) is 3.84. The zero-order valence-corrected chi connectivity index (χ0v) is 13.0. The van der Waals surface area contributed by atoms with Crippen LogP contribution in [0.25, 0.3) is 0 Å². The van der Waals surface area contributed by atoms with Gasteiger partial charge in [-0.2, -0.15) is 0 Å². The third-order valence-electron chi connectivity index (χ3n) is 5.18. The van der Waals surface area contributed by atoms with E-state index < -0.39 is 0 Å². The van der Waals surface area contributed by atoms with Crippen molar-refractivity contribution in [2.45, 2.75) is 71.0 Å². The number of nitrogens with zero attached hydrogens (tertiary/aromatic N) is 2. The molecule has 1 N–H and O–H groups in total. The highest BCUT2D eigenvalue weighted by atomic mass is 16.4. The Morgan fingerprint density at radius 1 is 1.35 bits per heavy atom. The van der Waals surface area contributed by atoms with E-state index in [4.69, 9.17) is 4.42 Å². The normalized spacial score (nSPS) is 26.4. The third kappa shape index (κ3) is 2.63. The molecule has 0 aromatic carbocycles. The van der Waals surface area contributed by atoms with Crippen LogP contribution in [0.2, 0.25) is 0 Å². The van der Waals surface area contributed by atoms with Crippen molar-refractivity contribution in [3.63, 3.8) is 0 Å². The highest BCUT2D eigenvalue weighted by Crippen LogP contribution is 2.34. The van der Waals surface area contributed by atoms with Crippen LogP contribution in [-0.4, -0.2) is 34.6 Å². The van der Waals surface area contributed by atoms with E-state index in [0.29, 0.717) is 11.6 Å². The lowest BCUT2D eigenvalue weighted by Crippen LogP contribution is -2.62. The minimum Gasteiger partial charge on any atom is -0.444 e. The van der Waals surface area contributed by atoms with Gasteiger partial charge in [0.25, 0.3) is 0 Å². The molecule has 1 saturated heterocycles. The van der Waals surface area contributed by atoms with E-state index in [1.165, 1.54) is 32.1 Å². The number of oxazole rings is 1. The Hall–Kier alpha value is -0.870. The highest BCUT2D eigenvalue weighted by molar-refractivity contribution is 5.06. The van der Waals surface area contributed by atoms with E-state index >= 15 is 0 Å². The first-order valence-electron chi connectivity index (χ1n) is 8.04. The smallest absolute Gasteiger partial charge is 0.208 e. The molecule has 0 bridgehead atoms. The zero-order chi connectivity index (χ0) is 14.2. The number of aromatic nitrogens is 1. The average Bonchev–Trinajstić information content (AvgIpc) is 2.98. The molecule has 4 heteroatoms. The molecule has 1 saturated carbocycles. The summed E-state index contributed by atoms with van der Waals surface area (Å²) in [5.74, 6) is 1.84. The van der Waals surface area contributed by atoms with Crippen LogP contribution in [0, 0.1) is 13.8 Å². The molecule has 1 aromatic rings. The maximum Gasteiger partial charge on any atom is 0.208 e. The van der Waals surface area contributed by atoms with Gasteiger partial charge in [0.1, 0.15) is 5.76 Å². The lowest BCUT2D eigenvalue weighted by molar-refractivity contribution is 0.0643. The van der Waals surface area contributed by atoms with Crippen LogP contribution >= 0.6 is 0 Å². The highest BCUT2D eigenvalue weighted by Gasteiger charge is 2.40. The molecule has 112 valence electrons. The van der Waals surface area contributed by atoms with Crippen molar-refractivity contribution in [1.29, 1.82) is 0 Å². The SMILES string of the molecule is CCC1CNC2(CCCC2)CN1Cc1nc(C)c(C)o1. The van der Waals surface area contributed by atoms with Crippen molar-refractivity contribution in [3.8, 4) is 0 Å². The van der Waals surface area contributed by atoms with Gasteiger partial charge in [-0.15, -0.1) is 0 Å². The van der Waals surface area contributed by atoms with Crippen molar-refractivity contribution in [1.82, 2.24) is 15.2 Å². The van der Waals surface area contributed by atoms with Gasteiger partial charge in [0.05, 0.1) is 12.2 Å². The monoisotopic (exact) mass is 277 g/mol. The summed E-state index contributed by atoms with van der Waals surface area (Å²) in [6, 6.07) is 0.605. The van der Waals surface area contributed by atoms with Gasteiger partial charge in [0.2, 0.25) is 5.89 Å². The van der Waals surface area contributed by atoms with Gasteiger partial charge >= 0.3 is 0 Å². The van der Waals surface area contributed by atoms with Crippen LogP contribution in [0.1, 0.15) is 56.4 Å². The van der Waals surface area contributed by atoms with Gasteiger partial charge < -0.3 is 9.73 Å². The number of nitrogens with one attached hydrogen (secondary N) is 1. The molecule has 1 aromatic heterocycles. The van der Waals surface area contributed by atoms with Gasteiger partial charge in [-0.3, -0.25) is 4.90 Å². The van der Waals surface area contributed by atoms with Gasteiger partial charge in [0, 0.05) is 24.7 Å². The molecule has 1 spiro atoms. The fraction of sp³-hybridized carbons (Fsp3) is 0.812. The Labute approximate surface area is 121 Å². The Morgan fingerprint density at radius 2 is 2.10 bits per heavy atom. The van der Waals surface area contributed by atoms with E-state index in [2.05, 4.69) is 22.1 Å². The molecule has 2 aliphatic rings. The van der Waals surface area contributed by atoms with Crippen molar-refractivity contribution in [2.75, 3.05) is 13.1 Å². The Kier molecular flexibility index (Phi) is 3.87. The molecule has 20 heavy (non-hydrogen) atoms. The Bertz CT molecular complexity index is 443. The van der Waals surface area contributed by atoms with Gasteiger partial charge in [-0.05, 0) is 33.1 Å². The predicted molar refractivity (Wildman–Crippen MR) is 79.7 cm³/mol. The fourth-order valence-corrected chi connectivity index (χ4v) is 3.79. The van der Waals surface area contributed by atoms with Gasteiger partial charge in [-0.1, -0.05) is 19.8 Å². The number of piperazine rings is 1. The van der Waals surface area contributed by atoms with Crippen molar-refractivity contribution in [2.24, 2.45) is 0 Å². The largest absolute Gasteiger partial charge is 0.444 e. The summed E-state index contributed by atoms with van der Waals surface area (Å²) in [5.41, 5.74) is 1.39. The lowest BCUT2D eigenvalue weighted by atomic mass is 9.91. The van der Waals surface area contributed by atoms with Gasteiger partial charge in [0.15, 0.2) is 0 Å². The molecule has 0 radical (unpaired) electrons. The summed E-state index contributed by atoms with van der Waals surface area (Å²) in [6.45, 7) is 9.41. The first-order chi connectivity index (χ1) is 9.62. The van der Waals surface area contributed by atoms with Crippen molar-refractivity contribution >= 4 is 0 Å². The van der Waals surface area contributed by atoms with E-state index in [9.17, 15) is 0 Å². The second kappa shape index (κ2) is 5.49. The summed E-state index contributed by atoms with van der Waals surface area (Å²) in [4.78, 5) is 7.15. The topological polar surface area (TPSA) is 41.3 Å². The Balaban J connectivity index is 1.73. The number of aryl methyl sites for hydroxylation is 2. The summed E-state index contributed by atoms with van der Waals surface area (Å²) in [7, 11) is 0.